The molecule has 0 bridgehead atoms. The smallest absolute Gasteiger partial charge is 0.159 e. The van der Waals surface area contributed by atoms with Crippen molar-refractivity contribution in [2.75, 3.05) is 0 Å². The molecule has 0 fully saturated rings. The van der Waals surface area contributed by atoms with Gasteiger partial charge in [-0.3, -0.25) is 0 Å². The Morgan fingerprint density at radius 3 is 2.79 bits per heavy atom. The van der Waals surface area contributed by atoms with Gasteiger partial charge in [-0.1, -0.05) is 0 Å². The Kier molecular flexibility index (Phi) is 2.18. The van der Waals surface area contributed by atoms with Gasteiger partial charge in [0, 0.05) is 0 Å². The highest BCUT2D eigenvalue weighted by molar-refractivity contribution is 7.85. The van der Waals surface area contributed by atoms with E-state index in [0.29, 0.717) is 9.47 Å². The Balaban J connectivity index is 2.80. The lowest BCUT2D eigenvalue weighted by atomic mass is 10.3. The predicted octanol–water partition coefficient (Wildman–Crippen LogP) is 1.86. The minimum atomic E-state index is -4.38. The molecule has 0 aliphatic carbocycles. The highest BCUT2D eigenvalue weighted by Gasteiger charge is 2.03. The van der Waals surface area contributed by atoms with Crippen LogP contribution in [-0.4, -0.2) is 18.0 Å². The molecule has 0 amide bonds. The third-order valence-electron chi connectivity index (χ3n) is 1.68. The Morgan fingerprint density at radius 1 is 1.43 bits per heavy atom. The number of hydrogen-bond acceptors (Lipinski definition) is 5. The van der Waals surface area contributed by atoms with Crippen molar-refractivity contribution >= 4 is 43.9 Å². The SMILES string of the molecule is O=S(=O)([O-])c1ccc2sc(=S)[nH]c2c1. The van der Waals surface area contributed by atoms with Crippen molar-refractivity contribution in [3.8, 4) is 0 Å². The number of rotatable bonds is 1. The molecule has 1 N–H and O–H groups in total. The normalized spacial score (nSPS) is 12.1. The fraction of sp³-hybridized carbons (Fsp3) is 0. The van der Waals surface area contributed by atoms with Crippen LogP contribution in [0.5, 0.6) is 0 Å². The van der Waals surface area contributed by atoms with Crippen LogP contribution in [0.3, 0.4) is 0 Å². The van der Waals surface area contributed by atoms with Crippen molar-refractivity contribution in [2.24, 2.45) is 0 Å². The van der Waals surface area contributed by atoms with Crippen molar-refractivity contribution < 1.29 is 13.0 Å². The minimum absolute atomic E-state index is 0.242. The summed E-state index contributed by atoms with van der Waals surface area (Å²) in [4.78, 5) is 2.56. The second-order valence-electron chi connectivity index (χ2n) is 2.63. The highest BCUT2D eigenvalue weighted by atomic mass is 32.2. The molecule has 0 aliphatic heterocycles. The van der Waals surface area contributed by atoms with Gasteiger partial charge in [0.15, 0.2) is 3.95 Å². The van der Waals surface area contributed by atoms with Crippen LogP contribution in [-0.2, 0) is 10.1 Å². The van der Waals surface area contributed by atoms with Gasteiger partial charge in [0.25, 0.3) is 0 Å². The molecule has 14 heavy (non-hydrogen) atoms. The molecule has 0 atom stereocenters. The number of nitrogens with one attached hydrogen (secondary N) is 1. The van der Waals surface area contributed by atoms with Crippen LogP contribution in [0.15, 0.2) is 23.1 Å². The van der Waals surface area contributed by atoms with Gasteiger partial charge in [0.05, 0.1) is 15.1 Å². The van der Waals surface area contributed by atoms with Gasteiger partial charge in [0.1, 0.15) is 10.1 Å². The van der Waals surface area contributed by atoms with Crippen molar-refractivity contribution in [1.29, 1.82) is 0 Å². The Labute approximate surface area is 89.0 Å². The maximum atomic E-state index is 10.7. The number of benzene rings is 1. The molecular formula is C7H4NO3S3-. The zero-order valence-electron chi connectivity index (χ0n) is 6.68. The first kappa shape index (κ1) is 9.78. The first-order chi connectivity index (χ1) is 6.47. The van der Waals surface area contributed by atoms with Crippen molar-refractivity contribution in [3.05, 3.63) is 22.2 Å². The molecule has 0 aliphatic rings. The lowest BCUT2D eigenvalue weighted by Crippen LogP contribution is -1.97. The van der Waals surface area contributed by atoms with Crippen LogP contribution in [0.2, 0.25) is 0 Å². The van der Waals surface area contributed by atoms with E-state index in [1.807, 2.05) is 0 Å². The van der Waals surface area contributed by atoms with E-state index in [2.05, 4.69) is 4.98 Å². The van der Waals surface area contributed by atoms with Gasteiger partial charge in [-0.05, 0) is 30.4 Å². The van der Waals surface area contributed by atoms with Crippen LogP contribution >= 0.6 is 23.6 Å². The van der Waals surface area contributed by atoms with Crippen LogP contribution in [0.1, 0.15) is 0 Å². The molecule has 4 nitrogen and oxygen atoms in total. The third kappa shape index (κ3) is 1.71. The van der Waals surface area contributed by atoms with E-state index in [4.69, 9.17) is 12.2 Å². The summed E-state index contributed by atoms with van der Waals surface area (Å²) >= 11 is 6.22. The van der Waals surface area contributed by atoms with Gasteiger partial charge in [-0.2, -0.15) is 0 Å². The monoisotopic (exact) mass is 246 g/mol. The number of hydrogen-bond donors (Lipinski definition) is 1. The van der Waals surface area contributed by atoms with Crippen molar-refractivity contribution in [1.82, 2.24) is 4.98 Å². The molecule has 7 heteroatoms. The quantitative estimate of drug-likeness (QED) is 0.615. The molecule has 0 saturated carbocycles. The van der Waals surface area contributed by atoms with Crippen LogP contribution in [0.25, 0.3) is 10.2 Å². The van der Waals surface area contributed by atoms with Gasteiger partial charge in [-0.25, -0.2) is 8.42 Å². The van der Waals surface area contributed by atoms with E-state index in [1.165, 1.54) is 23.5 Å². The molecule has 0 saturated heterocycles. The molecule has 74 valence electrons. The molecule has 0 spiro atoms. The summed E-state index contributed by atoms with van der Waals surface area (Å²) in [6.07, 6.45) is 0. The fourth-order valence-corrected chi connectivity index (χ4v) is 2.68. The lowest BCUT2D eigenvalue weighted by Gasteiger charge is -2.05. The fourth-order valence-electron chi connectivity index (χ4n) is 1.09. The summed E-state index contributed by atoms with van der Waals surface area (Å²) in [5, 5.41) is 0. The summed E-state index contributed by atoms with van der Waals surface area (Å²) in [7, 11) is -4.38. The molecule has 1 aromatic heterocycles. The average molecular weight is 246 g/mol. The van der Waals surface area contributed by atoms with Crippen LogP contribution in [0.4, 0.5) is 0 Å². The zero-order chi connectivity index (χ0) is 10.3. The molecule has 2 rings (SSSR count). The molecule has 1 aromatic carbocycles. The first-order valence-electron chi connectivity index (χ1n) is 3.55. The van der Waals surface area contributed by atoms with E-state index in [9.17, 15) is 13.0 Å². The topological polar surface area (TPSA) is 73.0 Å². The van der Waals surface area contributed by atoms with Gasteiger partial charge >= 0.3 is 0 Å². The Bertz CT molecular complexity index is 637. The zero-order valence-corrected chi connectivity index (χ0v) is 9.13. The summed E-state index contributed by atoms with van der Waals surface area (Å²) in [5.41, 5.74) is 0.580. The molecule has 0 unspecified atom stereocenters. The molecule has 2 aromatic rings. The molecule has 0 radical (unpaired) electrons. The second kappa shape index (κ2) is 3.13. The Morgan fingerprint density at radius 2 is 2.14 bits per heavy atom. The standard InChI is InChI=1S/C7H5NO3S3/c9-14(10,11)4-1-2-6-5(3-4)8-7(12)13-6/h1-3H,(H,8,12)(H,9,10,11)/p-1. The van der Waals surface area contributed by atoms with E-state index in [-0.39, 0.29) is 4.90 Å². The van der Waals surface area contributed by atoms with E-state index in [1.54, 1.807) is 6.07 Å². The van der Waals surface area contributed by atoms with Crippen molar-refractivity contribution in [2.45, 2.75) is 4.90 Å². The lowest BCUT2D eigenvalue weighted by molar-refractivity contribution is 0.463. The van der Waals surface area contributed by atoms with Gasteiger partial charge in [-0.15, -0.1) is 11.3 Å². The van der Waals surface area contributed by atoms with Gasteiger partial charge < -0.3 is 9.54 Å². The average Bonchev–Trinajstić information content (AvgIpc) is 2.41. The van der Waals surface area contributed by atoms with E-state index in [0.717, 1.165) is 4.70 Å². The largest absolute Gasteiger partial charge is 0.744 e. The number of aromatic amines is 1. The predicted molar refractivity (Wildman–Crippen MR) is 55.0 cm³/mol. The van der Waals surface area contributed by atoms with E-state index < -0.39 is 10.1 Å². The second-order valence-corrected chi connectivity index (χ2v) is 5.73. The number of fused-ring (bicyclic) bond motifs is 1. The summed E-state index contributed by atoms with van der Waals surface area (Å²) < 4.78 is 33.5. The van der Waals surface area contributed by atoms with E-state index >= 15 is 0 Å². The molecule has 1 heterocycles. The summed E-state index contributed by atoms with van der Waals surface area (Å²) in [6.45, 7) is 0. The number of thiazole rings is 1. The molecular weight excluding hydrogens is 242 g/mol. The number of H-pyrrole nitrogens is 1. The van der Waals surface area contributed by atoms with Crippen LogP contribution < -0.4 is 0 Å². The maximum absolute atomic E-state index is 10.7. The van der Waals surface area contributed by atoms with Crippen LogP contribution in [0, 0.1) is 3.95 Å². The summed E-state index contributed by atoms with van der Waals surface area (Å²) in [5.74, 6) is 0. The first-order valence-corrected chi connectivity index (χ1v) is 6.19. The van der Waals surface area contributed by atoms with Gasteiger partial charge in [0.2, 0.25) is 0 Å². The van der Waals surface area contributed by atoms with Crippen molar-refractivity contribution in [3.63, 3.8) is 0 Å². The third-order valence-corrected chi connectivity index (χ3v) is 3.73. The highest BCUT2D eigenvalue weighted by Crippen LogP contribution is 2.22. The maximum Gasteiger partial charge on any atom is 0.159 e. The number of aromatic nitrogens is 1. The Hall–Kier alpha value is -0.760. The minimum Gasteiger partial charge on any atom is -0.744 e. The summed E-state index contributed by atoms with van der Waals surface area (Å²) in [6, 6.07) is 4.14.